The van der Waals surface area contributed by atoms with Crippen molar-refractivity contribution in [2.45, 2.75) is 5.75 Å². The quantitative estimate of drug-likeness (QED) is 0.835. The van der Waals surface area contributed by atoms with Crippen LogP contribution in [0, 0.1) is 5.82 Å². The lowest BCUT2D eigenvalue weighted by Crippen LogP contribution is -2.12. The van der Waals surface area contributed by atoms with E-state index in [2.05, 4.69) is 22.9 Å². The smallest absolute Gasteiger partial charge is 0.257 e. The highest BCUT2D eigenvalue weighted by Gasteiger charge is 2.06. The highest BCUT2D eigenvalue weighted by molar-refractivity contribution is 7.79. The van der Waals surface area contributed by atoms with Crippen LogP contribution in [0.5, 0.6) is 0 Å². The molecule has 5 heteroatoms. The third-order valence-electron chi connectivity index (χ3n) is 2.35. The Kier molecular flexibility index (Phi) is 3.94. The minimum absolute atomic E-state index is 0.278. The molecule has 0 radical (unpaired) electrons. The van der Waals surface area contributed by atoms with Crippen LogP contribution in [-0.4, -0.2) is 10.9 Å². The van der Waals surface area contributed by atoms with E-state index < -0.39 is 0 Å². The first-order valence-electron chi connectivity index (χ1n) is 5.32. The number of hydrogen-bond donors (Lipinski definition) is 2. The lowest BCUT2D eigenvalue weighted by molar-refractivity contribution is 0.102. The lowest BCUT2D eigenvalue weighted by atomic mass is 10.2. The number of halogens is 1. The van der Waals surface area contributed by atoms with Gasteiger partial charge in [0.2, 0.25) is 0 Å². The van der Waals surface area contributed by atoms with Crippen molar-refractivity contribution in [1.82, 2.24) is 4.98 Å². The molecule has 0 unspecified atom stereocenters. The van der Waals surface area contributed by atoms with Gasteiger partial charge >= 0.3 is 0 Å². The van der Waals surface area contributed by atoms with Gasteiger partial charge in [-0.25, -0.2) is 4.39 Å². The normalized spacial score (nSPS) is 10.1. The van der Waals surface area contributed by atoms with Gasteiger partial charge in [-0.05, 0) is 36.4 Å². The molecule has 0 saturated carbocycles. The van der Waals surface area contributed by atoms with Crippen LogP contribution in [0.2, 0.25) is 0 Å². The number of amides is 1. The molecule has 0 fully saturated rings. The maximum absolute atomic E-state index is 12.7. The number of carbonyl (C=O) groups is 1. The van der Waals surface area contributed by atoms with E-state index in [-0.39, 0.29) is 11.7 Å². The number of hydrogen-bond acceptors (Lipinski definition) is 3. The fourth-order valence-corrected chi connectivity index (χ4v) is 1.58. The Labute approximate surface area is 109 Å². The Hall–Kier alpha value is -1.88. The minimum Gasteiger partial charge on any atom is -0.322 e. The Morgan fingerprint density at radius 1 is 1.22 bits per heavy atom. The summed E-state index contributed by atoms with van der Waals surface area (Å²) in [5.74, 6) is -0.0903. The second-order valence-corrected chi connectivity index (χ2v) is 3.97. The number of thiol groups is 1. The van der Waals surface area contributed by atoms with Gasteiger partial charge in [0.1, 0.15) is 5.82 Å². The van der Waals surface area contributed by atoms with Crippen LogP contribution in [0.3, 0.4) is 0 Å². The standard InChI is InChI=1S/C13H11FN2OS/c14-10-2-5-11(6-3-10)16-13(17)9-1-4-12(8-18)15-7-9/h1-7,18H,8H2,(H,16,17). The summed E-state index contributed by atoms with van der Waals surface area (Å²) in [7, 11) is 0. The van der Waals surface area contributed by atoms with E-state index in [1.165, 1.54) is 30.5 Å². The highest BCUT2D eigenvalue weighted by Crippen LogP contribution is 2.10. The van der Waals surface area contributed by atoms with Crippen molar-refractivity contribution in [3.63, 3.8) is 0 Å². The van der Waals surface area contributed by atoms with Crippen molar-refractivity contribution in [3.8, 4) is 0 Å². The van der Waals surface area contributed by atoms with Gasteiger partial charge in [0.05, 0.1) is 5.56 Å². The van der Waals surface area contributed by atoms with E-state index in [0.29, 0.717) is 17.0 Å². The van der Waals surface area contributed by atoms with Crippen molar-refractivity contribution in [2.75, 3.05) is 5.32 Å². The fourth-order valence-electron chi connectivity index (χ4n) is 1.39. The average molecular weight is 262 g/mol. The molecule has 1 aromatic heterocycles. The van der Waals surface area contributed by atoms with Gasteiger partial charge in [-0.3, -0.25) is 9.78 Å². The molecule has 0 saturated heterocycles. The van der Waals surface area contributed by atoms with Gasteiger partial charge in [-0.2, -0.15) is 12.6 Å². The molecule has 1 heterocycles. The zero-order chi connectivity index (χ0) is 13.0. The number of rotatable bonds is 3. The van der Waals surface area contributed by atoms with Gasteiger partial charge < -0.3 is 5.32 Å². The van der Waals surface area contributed by atoms with Crippen LogP contribution in [-0.2, 0) is 5.75 Å². The van der Waals surface area contributed by atoms with Crippen LogP contribution in [0.4, 0.5) is 10.1 Å². The summed E-state index contributed by atoms with van der Waals surface area (Å²) in [4.78, 5) is 15.9. The van der Waals surface area contributed by atoms with Crippen molar-refractivity contribution in [2.24, 2.45) is 0 Å². The molecule has 0 aliphatic carbocycles. The van der Waals surface area contributed by atoms with Crippen LogP contribution in [0.15, 0.2) is 42.6 Å². The molecule has 1 amide bonds. The largest absolute Gasteiger partial charge is 0.322 e. The summed E-state index contributed by atoms with van der Waals surface area (Å²) in [5, 5.41) is 2.66. The number of nitrogens with zero attached hydrogens (tertiary/aromatic N) is 1. The highest BCUT2D eigenvalue weighted by atomic mass is 32.1. The maximum atomic E-state index is 12.7. The van der Waals surface area contributed by atoms with E-state index in [9.17, 15) is 9.18 Å². The third kappa shape index (κ3) is 3.07. The van der Waals surface area contributed by atoms with Crippen molar-refractivity contribution in [3.05, 3.63) is 59.7 Å². The van der Waals surface area contributed by atoms with Crippen LogP contribution in [0.1, 0.15) is 16.1 Å². The topological polar surface area (TPSA) is 42.0 Å². The molecule has 0 spiro atoms. The second kappa shape index (κ2) is 5.64. The molecule has 1 N–H and O–H groups in total. The Bertz CT molecular complexity index is 540. The molecule has 0 aliphatic heterocycles. The number of benzene rings is 1. The Morgan fingerprint density at radius 2 is 1.94 bits per heavy atom. The monoisotopic (exact) mass is 262 g/mol. The first-order valence-corrected chi connectivity index (χ1v) is 5.95. The summed E-state index contributed by atoms with van der Waals surface area (Å²) in [6, 6.07) is 9.01. The molecule has 3 nitrogen and oxygen atoms in total. The molecule has 0 aliphatic rings. The Morgan fingerprint density at radius 3 is 2.50 bits per heavy atom. The zero-order valence-electron chi connectivity index (χ0n) is 9.43. The SMILES string of the molecule is O=C(Nc1ccc(F)cc1)c1ccc(CS)nc1. The second-order valence-electron chi connectivity index (χ2n) is 3.66. The number of aromatic nitrogens is 1. The summed E-state index contributed by atoms with van der Waals surface area (Å²) >= 11 is 4.09. The molecule has 2 aromatic rings. The van der Waals surface area contributed by atoms with Crippen molar-refractivity contribution in [1.29, 1.82) is 0 Å². The molecule has 0 atom stereocenters. The predicted molar refractivity (Wildman–Crippen MR) is 71.3 cm³/mol. The number of anilines is 1. The summed E-state index contributed by atoms with van der Waals surface area (Å²) in [6.07, 6.45) is 1.49. The lowest BCUT2D eigenvalue weighted by Gasteiger charge is -2.05. The van der Waals surface area contributed by atoms with Gasteiger partial charge in [0.25, 0.3) is 5.91 Å². The van der Waals surface area contributed by atoms with E-state index in [0.717, 1.165) is 5.69 Å². The van der Waals surface area contributed by atoms with E-state index in [4.69, 9.17) is 0 Å². The van der Waals surface area contributed by atoms with Gasteiger partial charge in [0, 0.05) is 23.3 Å². The first kappa shape index (κ1) is 12.6. The summed E-state index contributed by atoms with van der Waals surface area (Å²) < 4.78 is 12.7. The van der Waals surface area contributed by atoms with Crippen LogP contribution in [0.25, 0.3) is 0 Å². The Balaban J connectivity index is 2.09. The van der Waals surface area contributed by atoms with Crippen molar-refractivity contribution >= 4 is 24.2 Å². The molecule has 2 rings (SSSR count). The van der Waals surface area contributed by atoms with E-state index >= 15 is 0 Å². The van der Waals surface area contributed by atoms with Crippen LogP contribution >= 0.6 is 12.6 Å². The van der Waals surface area contributed by atoms with Gasteiger partial charge in [0.15, 0.2) is 0 Å². The molecule has 0 bridgehead atoms. The average Bonchev–Trinajstić information content (AvgIpc) is 2.41. The molecule has 18 heavy (non-hydrogen) atoms. The van der Waals surface area contributed by atoms with Crippen molar-refractivity contribution < 1.29 is 9.18 Å². The minimum atomic E-state index is -0.340. The van der Waals surface area contributed by atoms with E-state index in [1.807, 2.05) is 0 Å². The molecular formula is C13H11FN2OS. The van der Waals surface area contributed by atoms with Gasteiger partial charge in [-0.1, -0.05) is 0 Å². The fraction of sp³-hybridized carbons (Fsp3) is 0.0769. The molecule has 1 aromatic carbocycles. The number of carbonyl (C=O) groups excluding carboxylic acids is 1. The molecule has 92 valence electrons. The summed E-state index contributed by atoms with van der Waals surface area (Å²) in [5.41, 5.74) is 1.79. The number of pyridine rings is 1. The maximum Gasteiger partial charge on any atom is 0.257 e. The first-order chi connectivity index (χ1) is 8.69. The number of nitrogens with one attached hydrogen (secondary N) is 1. The molecular weight excluding hydrogens is 251 g/mol. The van der Waals surface area contributed by atoms with Crippen LogP contribution < -0.4 is 5.32 Å². The zero-order valence-corrected chi connectivity index (χ0v) is 10.3. The third-order valence-corrected chi connectivity index (χ3v) is 2.68. The van der Waals surface area contributed by atoms with E-state index in [1.54, 1.807) is 12.1 Å². The predicted octanol–water partition coefficient (Wildman–Crippen LogP) is 2.90. The summed E-state index contributed by atoms with van der Waals surface area (Å²) in [6.45, 7) is 0. The van der Waals surface area contributed by atoms with Gasteiger partial charge in [-0.15, -0.1) is 0 Å².